The lowest BCUT2D eigenvalue weighted by Crippen LogP contribution is -2.32. The third-order valence-electron chi connectivity index (χ3n) is 3.21. The van der Waals surface area contributed by atoms with Gasteiger partial charge in [0.2, 0.25) is 5.69 Å². The molecule has 0 saturated heterocycles. The Morgan fingerprint density at radius 2 is 2.00 bits per heavy atom. The summed E-state index contributed by atoms with van der Waals surface area (Å²) in [5.41, 5.74) is 7.36. The average Bonchev–Trinajstić information content (AvgIpc) is 2.32. The van der Waals surface area contributed by atoms with Gasteiger partial charge in [0, 0.05) is 22.8 Å². The first kappa shape index (κ1) is 12.2. The van der Waals surface area contributed by atoms with Gasteiger partial charge in [0.15, 0.2) is 0 Å². The standard InChI is InChI=1S/C13H16ClN3/c1-16-13-7-6-11(8-12(13)14)17-10-4-2-9(15)3-5-10/h6-10,17H,2-5,15H2. The van der Waals surface area contributed by atoms with Crippen LogP contribution in [0.25, 0.3) is 4.85 Å². The van der Waals surface area contributed by atoms with E-state index in [9.17, 15) is 0 Å². The van der Waals surface area contributed by atoms with Gasteiger partial charge in [0.25, 0.3) is 0 Å². The second kappa shape index (κ2) is 5.39. The van der Waals surface area contributed by atoms with Gasteiger partial charge in [0.05, 0.1) is 6.57 Å². The number of nitrogens with one attached hydrogen (secondary N) is 1. The molecule has 0 bridgehead atoms. The van der Waals surface area contributed by atoms with Crippen molar-refractivity contribution >= 4 is 23.0 Å². The predicted octanol–water partition coefficient (Wildman–Crippen LogP) is 3.57. The second-order valence-electron chi connectivity index (χ2n) is 4.53. The third kappa shape index (κ3) is 3.12. The van der Waals surface area contributed by atoms with Crippen LogP contribution in [0.4, 0.5) is 11.4 Å². The van der Waals surface area contributed by atoms with E-state index < -0.39 is 0 Å². The fraction of sp³-hybridized carbons (Fsp3) is 0.462. The molecule has 0 spiro atoms. The summed E-state index contributed by atoms with van der Waals surface area (Å²) in [5, 5.41) is 3.96. The number of hydrogen-bond acceptors (Lipinski definition) is 2. The van der Waals surface area contributed by atoms with Crippen molar-refractivity contribution in [3.8, 4) is 0 Å². The minimum atomic E-state index is 0.362. The Morgan fingerprint density at radius 3 is 2.59 bits per heavy atom. The lowest BCUT2D eigenvalue weighted by atomic mass is 9.92. The number of halogens is 1. The maximum Gasteiger partial charge on any atom is 0.205 e. The van der Waals surface area contributed by atoms with Crippen molar-refractivity contribution in [2.24, 2.45) is 5.73 Å². The molecular formula is C13H16ClN3. The zero-order valence-corrected chi connectivity index (χ0v) is 10.4. The summed E-state index contributed by atoms with van der Waals surface area (Å²) in [6.07, 6.45) is 4.35. The van der Waals surface area contributed by atoms with Gasteiger partial charge in [0.1, 0.15) is 0 Å². The van der Waals surface area contributed by atoms with Crippen LogP contribution >= 0.6 is 11.6 Å². The Kier molecular flexibility index (Phi) is 3.88. The van der Waals surface area contributed by atoms with Gasteiger partial charge in [-0.1, -0.05) is 17.7 Å². The van der Waals surface area contributed by atoms with E-state index in [-0.39, 0.29) is 0 Å². The largest absolute Gasteiger partial charge is 0.382 e. The molecule has 0 atom stereocenters. The lowest BCUT2D eigenvalue weighted by Gasteiger charge is -2.27. The Balaban J connectivity index is 2.00. The Labute approximate surface area is 107 Å². The van der Waals surface area contributed by atoms with Gasteiger partial charge in [-0.3, -0.25) is 0 Å². The average molecular weight is 250 g/mol. The van der Waals surface area contributed by atoms with Crippen LogP contribution in [-0.4, -0.2) is 12.1 Å². The molecule has 0 aliphatic heterocycles. The molecular weight excluding hydrogens is 234 g/mol. The van der Waals surface area contributed by atoms with E-state index in [0.717, 1.165) is 31.4 Å². The molecule has 17 heavy (non-hydrogen) atoms. The second-order valence-corrected chi connectivity index (χ2v) is 4.94. The number of anilines is 1. The van der Waals surface area contributed by atoms with Crippen molar-refractivity contribution in [2.45, 2.75) is 37.8 Å². The van der Waals surface area contributed by atoms with Gasteiger partial charge in [-0.05, 0) is 37.8 Å². The van der Waals surface area contributed by atoms with Crippen molar-refractivity contribution in [1.29, 1.82) is 0 Å². The summed E-state index contributed by atoms with van der Waals surface area (Å²) in [5.74, 6) is 0. The van der Waals surface area contributed by atoms with Crippen LogP contribution in [-0.2, 0) is 0 Å². The highest BCUT2D eigenvalue weighted by Gasteiger charge is 2.18. The van der Waals surface area contributed by atoms with Crippen LogP contribution in [0, 0.1) is 6.57 Å². The third-order valence-corrected chi connectivity index (χ3v) is 3.51. The molecule has 1 aliphatic rings. The highest BCUT2D eigenvalue weighted by Crippen LogP contribution is 2.29. The van der Waals surface area contributed by atoms with Gasteiger partial charge in [-0.15, -0.1) is 0 Å². The quantitative estimate of drug-likeness (QED) is 0.787. The van der Waals surface area contributed by atoms with Crippen molar-refractivity contribution in [1.82, 2.24) is 0 Å². The maximum atomic E-state index is 6.94. The molecule has 0 amide bonds. The minimum absolute atomic E-state index is 0.362. The first-order valence-corrected chi connectivity index (χ1v) is 6.26. The summed E-state index contributed by atoms with van der Waals surface area (Å²) in [6, 6.07) is 6.33. The SMILES string of the molecule is [C-]#[N+]c1ccc(NC2CCC(N)CC2)cc1Cl. The van der Waals surface area contributed by atoms with Crippen LogP contribution in [0.2, 0.25) is 5.02 Å². The van der Waals surface area contributed by atoms with Crippen LogP contribution in [0.5, 0.6) is 0 Å². The molecule has 0 heterocycles. The van der Waals surface area contributed by atoms with E-state index in [1.165, 1.54) is 0 Å². The molecule has 1 aromatic rings. The fourth-order valence-electron chi connectivity index (χ4n) is 2.19. The number of nitrogens with zero attached hydrogens (tertiary/aromatic N) is 1. The monoisotopic (exact) mass is 249 g/mol. The van der Waals surface area contributed by atoms with Crippen molar-refractivity contribution in [2.75, 3.05) is 5.32 Å². The van der Waals surface area contributed by atoms with E-state index >= 15 is 0 Å². The highest BCUT2D eigenvalue weighted by molar-refractivity contribution is 6.33. The summed E-state index contributed by atoms with van der Waals surface area (Å²) in [4.78, 5) is 3.34. The molecule has 0 unspecified atom stereocenters. The zero-order valence-electron chi connectivity index (χ0n) is 9.62. The molecule has 0 radical (unpaired) electrons. The summed E-state index contributed by atoms with van der Waals surface area (Å²) >= 11 is 6.00. The summed E-state index contributed by atoms with van der Waals surface area (Å²) < 4.78 is 0. The molecule has 3 N–H and O–H groups in total. The topological polar surface area (TPSA) is 42.4 Å². The zero-order chi connectivity index (χ0) is 12.3. The van der Waals surface area contributed by atoms with E-state index in [1.807, 2.05) is 12.1 Å². The van der Waals surface area contributed by atoms with Crippen LogP contribution in [0.15, 0.2) is 18.2 Å². The van der Waals surface area contributed by atoms with Gasteiger partial charge in [-0.25, -0.2) is 4.85 Å². The first-order chi connectivity index (χ1) is 8.19. The molecule has 1 aliphatic carbocycles. The number of benzene rings is 1. The molecule has 3 nitrogen and oxygen atoms in total. The number of rotatable bonds is 2. The van der Waals surface area contributed by atoms with E-state index in [4.69, 9.17) is 23.9 Å². The van der Waals surface area contributed by atoms with E-state index in [0.29, 0.717) is 22.8 Å². The normalized spacial score (nSPS) is 24.1. The molecule has 1 fully saturated rings. The van der Waals surface area contributed by atoms with Gasteiger partial charge in [-0.2, -0.15) is 0 Å². The Bertz CT molecular complexity index is 431. The van der Waals surface area contributed by atoms with Crippen LogP contribution in [0.1, 0.15) is 25.7 Å². The minimum Gasteiger partial charge on any atom is -0.382 e. The van der Waals surface area contributed by atoms with E-state index in [2.05, 4.69) is 10.2 Å². The van der Waals surface area contributed by atoms with Crippen LogP contribution in [0.3, 0.4) is 0 Å². The Morgan fingerprint density at radius 1 is 1.29 bits per heavy atom. The molecule has 2 rings (SSSR count). The smallest absolute Gasteiger partial charge is 0.205 e. The van der Waals surface area contributed by atoms with Crippen molar-refractivity contribution in [3.63, 3.8) is 0 Å². The predicted molar refractivity (Wildman–Crippen MR) is 71.6 cm³/mol. The van der Waals surface area contributed by atoms with Crippen molar-refractivity contribution < 1.29 is 0 Å². The molecule has 90 valence electrons. The van der Waals surface area contributed by atoms with E-state index in [1.54, 1.807) is 6.07 Å². The van der Waals surface area contributed by atoms with Crippen LogP contribution < -0.4 is 11.1 Å². The molecule has 1 aromatic carbocycles. The maximum absolute atomic E-state index is 6.94. The first-order valence-electron chi connectivity index (χ1n) is 5.88. The molecule has 4 heteroatoms. The molecule has 0 aromatic heterocycles. The lowest BCUT2D eigenvalue weighted by molar-refractivity contribution is 0.411. The summed E-state index contributed by atoms with van der Waals surface area (Å²) in [7, 11) is 0. The Hall–Kier alpha value is -1.24. The van der Waals surface area contributed by atoms with Crippen molar-refractivity contribution in [3.05, 3.63) is 34.6 Å². The van der Waals surface area contributed by atoms with Gasteiger partial charge < -0.3 is 11.1 Å². The number of nitrogens with two attached hydrogens (primary N) is 1. The highest BCUT2D eigenvalue weighted by atomic mass is 35.5. The number of hydrogen-bond donors (Lipinski definition) is 2. The molecule has 1 saturated carbocycles. The van der Waals surface area contributed by atoms with Gasteiger partial charge >= 0.3 is 0 Å². The summed E-state index contributed by atoms with van der Waals surface area (Å²) in [6.45, 7) is 6.94. The fourth-order valence-corrected chi connectivity index (χ4v) is 2.41.